The summed E-state index contributed by atoms with van der Waals surface area (Å²) in [6.45, 7) is 3.14. The van der Waals surface area contributed by atoms with E-state index in [2.05, 4.69) is 22.3 Å². The van der Waals surface area contributed by atoms with Crippen LogP contribution in [0.4, 0.5) is 5.69 Å². The zero-order valence-corrected chi connectivity index (χ0v) is 16.2. The molecule has 0 bridgehead atoms. The second-order valence-corrected chi connectivity index (χ2v) is 7.78. The molecular formula is C21H29N3O4. The third-order valence-electron chi connectivity index (χ3n) is 5.84. The molecule has 1 aromatic rings. The van der Waals surface area contributed by atoms with Crippen LogP contribution in [0.1, 0.15) is 44.9 Å². The number of benzene rings is 1. The minimum atomic E-state index is -0.875. The Morgan fingerprint density at radius 2 is 1.79 bits per heavy atom. The molecule has 1 aromatic carbocycles. The molecule has 0 radical (unpaired) electrons. The summed E-state index contributed by atoms with van der Waals surface area (Å²) in [7, 11) is 0. The largest absolute Gasteiger partial charge is 0.481 e. The molecule has 2 aliphatic rings. The summed E-state index contributed by atoms with van der Waals surface area (Å²) in [6, 6.07) is 10.2. The van der Waals surface area contributed by atoms with Gasteiger partial charge in [0.2, 0.25) is 11.8 Å². The number of amides is 2. The Morgan fingerprint density at radius 3 is 2.46 bits per heavy atom. The van der Waals surface area contributed by atoms with Crippen molar-refractivity contribution >= 4 is 23.5 Å². The van der Waals surface area contributed by atoms with E-state index >= 15 is 0 Å². The lowest BCUT2D eigenvalue weighted by Crippen LogP contribution is -2.43. The number of carbonyl (C=O) groups excluding carboxylic acids is 2. The van der Waals surface area contributed by atoms with Gasteiger partial charge in [-0.15, -0.1) is 0 Å². The lowest BCUT2D eigenvalue weighted by atomic mass is 9.86. The number of carbonyl (C=O) groups is 3. The summed E-state index contributed by atoms with van der Waals surface area (Å²) >= 11 is 0. The first kappa shape index (κ1) is 20.2. The van der Waals surface area contributed by atoms with Crippen LogP contribution in [0.25, 0.3) is 0 Å². The maximum absolute atomic E-state index is 12.8. The number of carboxylic acid groups (broad SMARTS) is 1. The lowest BCUT2D eigenvalue weighted by Gasteiger charge is -2.30. The molecule has 2 fully saturated rings. The van der Waals surface area contributed by atoms with Gasteiger partial charge in [0, 0.05) is 56.7 Å². The number of anilines is 1. The highest BCUT2D eigenvalue weighted by Gasteiger charge is 2.38. The van der Waals surface area contributed by atoms with Crippen molar-refractivity contribution in [2.24, 2.45) is 0 Å². The molecule has 1 atom stereocenters. The average molecular weight is 387 g/mol. The molecule has 0 aromatic heterocycles. The number of nitrogens with zero attached hydrogens (tertiary/aromatic N) is 2. The van der Waals surface area contributed by atoms with E-state index in [9.17, 15) is 14.4 Å². The monoisotopic (exact) mass is 387 g/mol. The fourth-order valence-corrected chi connectivity index (χ4v) is 4.19. The molecule has 0 saturated carbocycles. The fraction of sp³-hybridized carbons (Fsp3) is 0.571. The van der Waals surface area contributed by atoms with Crippen LogP contribution in [0.15, 0.2) is 30.3 Å². The van der Waals surface area contributed by atoms with Crippen LogP contribution in [0.3, 0.4) is 0 Å². The Kier molecular flexibility index (Phi) is 6.54. The number of rotatable bonds is 7. The van der Waals surface area contributed by atoms with Crippen molar-refractivity contribution in [1.29, 1.82) is 0 Å². The van der Waals surface area contributed by atoms with Gasteiger partial charge >= 0.3 is 5.97 Å². The minimum absolute atomic E-state index is 0.00419. The van der Waals surface area contributed by atoms with Gasteiger partial charge in [-0.2, -0.15) is 0 Å². The minimum Gasteiger partial charge on any atom is -0.481 e. The topological polar surface area (TPSA) is 90.0 Å². The van der Waals surface area contributed by atoms with Crippen molar-refractivity contribution < 1.29 is 19.5 Å². The van der Waals surface area contributed by atoms with Gasteiger partial charge in [0.25, 0.3) is 0 Å². The third-order valence-corrected chi connectivity index (χ3v) is 5.84. The Hall–Kier alpha value is -2.57. The Bertz CT molecular complexity index is 709. The van der Waals surface area contributed by atoms with Gasteiger partial charge in [-0.05, 0) is 37.8 Å². The zero-order valence-electron chi connectivity index (χ0n) is 16.2. The second-order valence-electron chi connectivity index (χ2n) is 7.78. The first-order chi connectivity index (χ1) is 13.5. The molecule has 7 nitrogen and oxygen atoms in total. The molecule has 1 unspecified atom stereocenters. The van der Waals surface area contributed by atoms with Gasteiger partial charge in [0.15, 0.2) is 0 Å². The molecule has 0 spiro atoms. The van der Waals surface area contributed by atoms with Gasteiger partial charge in [0.1, 0.15) is 0 Å². The van der Waals surface area contributed by atoms with E-state index in [0.717, 1.165) is 26.1 Å². The predicted molar refractivity (Wildman–Crippen MR) is 106 cm³/mol. The number of aliphatic carboxylic acids is 1. The van der Waals surface area contributed by atoms with E-state index in [1.807, 2.05) is 23.1 Å². The highest BCUT2D eigenvalue weighted by molar-refractivity contribution is 5.80. The van der Waals surface area contributed by atoms with Crippen LogP contribution < -0.4 is 10.2 Å². The molecule has 2 amide bonds. The molecular weight excluding hydrogens is 358 g/mol. The summed E-state index contributed by atoms with van der Waals surface area (Å²) in [5, 5.41) is 11.9. The van der Waals surface area contributed by atoms with Crippen LogP contribution in [0.2, 0.25) is 0 Å². The van der Waals surface area contributed by atoms with Crippen molar-refractivity contribution in [2.45, 2.75) is 50.5 Å². The van der Waals surface area contributed by atoms with Crippen LogP contribution in [0.5, 0.6) is 0 Å². The zero-order chi connectivity index (χ0) is 20.0. The van der Waals surface area contributed by atoms with E-state index < -0.39 is 11.5 Å². The summed E-state index contributed by atoms with van der Waals surface area (Å²) in [5.41, 5.74) is 0.630. The van der Waals surface area contributed by atoms with Gasteiger partial charge in [-0.1, -0.05) is 18.2 Å². The molecule has 152 valence electrons. The summed E-state index contributed by atoms with van der Waals surface area (Å²) < 4.78 is 0. The number of nitrogens with one attached hydrogen (secondary N) is 1. The quantitative estimate of drug-likeness (QED) is 0.747. The highest BCUT2D eigenvalue weighted by atomic mass is 16.4. The van der Waals surface area contributed by atoms with Gasteiger partial charge in [-0.25, -0.2) is 0 Å². The standard InChI is InChI=1S/C21H29N3O4/c25-18-7-10-21(22-18,12-9-20(27)28)11-8-19(26)24-14-4-13-23(15-16-24)17-5-2-1-3-6-17/h1-3,5-6H,4,7-16H2,(H,22,25)(H,27,28). The van der Waals surface area contributed by atoms with E-state index in [1.165, 1.54) is 5.69 Å². The molecule has 2 N–H and O–H groups in total. The average Bonchev–Trinajstić information content (AvgIpc) is 2.91. The van der Waals surface area contributed by atoms with E-state index in [1.54, 1.807) is 0 Å². The molecule has 3 rings (SSSR count). The highest BCUT2D eigenvalue weighted by Crippen LogP contribution is 2.30. The van der Waals surface area contributed by atoms with Crippen LogP contribution in [-0.4, -0.2) is 59.5 Å². The molecule has 2 aliphatic heterocycles. The predicted octanol–water partition coefficient (Wildman–Crippen LogP) is 2.02. The normalized spacial score (nSPS) is 22.6. The van der Waals surface area contributed by atoms with E-state index in [4.69, 9.17) is 5.11 Å². The second kappa shape index (κ2) is 9.08. The maximum Gasteiger partial charge on any atom is 0.303 e. The number of hydrogen-bond donors (Lipinski definition) is 2. The Labute approximate surface area is 165 Å². The van der Waals surface area contributed by atoms with Crippen molar-refractivity contribution in [3.63, 3.8) is 0 Å². The van der Waals surface area contributed by atoms with Crippen molar-refractivity contribution in [2.75, 3.05) is 31.1 Å². The number of hydrogen-bond acceptors (Lipinski definition) is 4. The first-order valence-electron chi connectivity index (χ1n) is 10.1. The first-order valence-corrected chi connectivity index (χ1v) is 10.1. The molecule has 2 heterocycles. The van der Waals surface area contributed by atoms with Crippen molar-refractivity contribution in [3.05, 3.63) is 30.3 Å². The number of para-hydroxylation sites is 1. The number of carboxylic acids is 1. The summed E-state index contributed by atoms with van der Waals surface area (Å²) in [4.78, 5) is 39.7. The van der Waals surface area contributed by atoms with Gasteiger partial charge in [0.05, 0.1) is 0 Å². The Morgan fingerprint density at radius 1 is 1.04 bits per heavy atom. The SMILES string of the molecule is O=C(O)CCC1(CCC(=O)N2CCCN(c3ccccc3)CC2)CCC(=O)N1. The molecule has 0 aliphatic carbocycles. The van der Waals surface area contributed by atoms with Crippen LogP contribution in [0, 0.1) is 0 Å². The smallest absolute Gasteiger partial charge is 0.303 e. The fourth-order valence-electron chi connectivity index (χ4n) is 4.19. The summed E-state index contributed by atoms with van der Waals surface area (Å²) in [6.07, 6.45) is 3.15. The third kappa shape index (κ3) is 5.24. The Balaban J connectivity index is 1.53. The molecule has 28 heavy (non-hydrogen) atoms. The lowest BCUT2D eigenvalue weighted by molar-refractivity contribution is -0.137. The maximum atomic E-state index is 12.8. The van der Waals surface area contributed by atoms with Crippen molar-refractivity contribution in [1.82, 2.24) is 10.2 Å². The molecule has 7 heteroatoms. The molecule has 2 saturated heterocycles. The van der Waals surface area contributed by atoms with Gasteiger partial charge < -0.3 is 20.2 Å². The van der Waals surface area contributed by atoms with E-state index in [0.29, 0.717) is 38.6 Å². The van der Waals surface area contributed by atoms with Gasteiger partial charge in [-0.3, -0.25) is 14.4 Å². The van der Waals surface area contributed by atoms with Crippen molar-refractivity contribution in [3.8, 4) is 0 Å². The van der Waals surface area contributed by atoms with Crippen LogP contribution >= 0.6 is 0 Å². The summed E-state index contributed by atoms with van der Waals surface area (Å²) in [5.74, 6) is -0.836. The van der Waals surface area contributed by atoms with Crippen LogP contribution in [-0.2, 0) is 14.4 Å². The van der Waals surface area contributed by atoms with E-state index in [-0.39, 0.29) is 18.2 Å².